The molecule has 0 amide bonds. The predicted octanol–water partition coefficient (Wildman–Crippen LogP) is 1.91. The van der Waals surface area contributed by atoms with Crippen LogP contribution in [0.3, 0.4) is 0 Å². The lowest BCUT2D eigenvalue weighted by Crippen LogP contribution is -2.16. The molecular formula is C12H11BrN4O2. The van der Waals surface area contributed by atoms with Gasteiger partial charge < -0.3 is 15.7 Å². The number of rotatable bonds is 4. The van der Waals surface area contributed by atoms with Crippen LogP contribution in [0.25, 0.3) is 0 Å². The van der Waals surface area contributed by atoms with E-state index in [-0.39, 0.29) is 11.7 Å². The molecule has 1 heterocycles. The van der Waals surface area contributed by atoms with E-state index in [1.165, 1.54) is 6.20 Å². The Hall–Kier alpha value is -2.15. The summed E-state index contributed by atoms with van der Waals surface area (Å²) in [4.78, 5) is 0. The van der Waals surface area contributed by atoms with Crippen molar-refractivity contribution in [3.05, 3.63) is 52.1 Å². The Morgan fingerprint density at radius 1 is 1.32 bits per heavy atom. The normalized spacial score (nSPS) is 11.3. The highest BCUT2D eigenvalue weighted by atomic mass is 79.9. The van der Waals surface area contributed by atoms with E-state index in [4.69, 9.17) is 15.7 Å². The van der Waals surface area contributed by atoms with Crippen LogP contribution in [-0.4, -0.2) is 21.2 Å². The molecule has 0 aliphatic rings. The number of nitrogens with zero attached hydrogens (tertiary/aromatic N) is 3. The van der Waals surface area contributed by atoms with Crippen molar-refractivity contribution in [1.29, 1.82) is 0 Å². The van der Waals surface area contributed by atoms with Gasteiger partial charge in [0.2, 0.25) is 5.88 Å². The largest absolute Gasteiger partial charge is 0.471 e. The predicted molar refractivity (Wildman–Crippen MR) is 73.0 cm³/mol. The van der Waals surface area contributed by atoms with Crippen LogP contribution in [0.5, 0.6) is 5.88 Å². The van der Waals surface area contributed by atoms with Crippen LogP contribution in [0.15, 0.2) is 46.2 Å². The van der Waals surface area contributed by atoms with E-state index in [0.29, 0.717) is 12.2 Å². The average Bonchev–Trinajstić information content (AvgIpc) is 2.46. The maximum atomic E-state index is 8.68. The van der Waals surface area contributed by atoms with Crippen molar-refractivity contribution in [2.75, 3.05) is 0 Å². The molecule has 0 spiro atoms. The van der Waals surface area contributed by atoms with E-state index in [1.807, 2.05) is 24.3 Å². The molecule has 0 aliphatic carbocycles. The lowest BCUT2D eigenvalue weighted by Gasteiger charge is -2.08. The number of hydrogen-bond donors (Lipinski definition) is 2. The zero-order chi connectivity index (χ0) is 13.7. The molecule has 2 rings (SSSR count). The van der Waals surface area contributed by atoms with Crippen molar-refractivity contribution in [2.45, 2.75) is 6.61 Å². The minimum absolute atomic E-state index is 0.0688. The number of amidine groups is 1. The Labute approximate surface area is 118 Å². The van der Waals surface area contributed by atoms with Gasteiger partial charge in [0.1, 0.15) is 6.61 Å². The molecule has 0 unspecified atom stereocenters. The Morgan fingerprint density at radius 2 is 2.05 bits per heavy atom. The van der Waals surface area contributed by atoms with Crippen LogP contribution in [-0.2, 0) is 6.61 Å². The highest BCUT2D eigenvalue weighted by Gasteiger charge is 2.10. The highest BCUT2D eigenvalue weighted by molar-refractivity contribution is 9.10. The van der Waals surface area contributed by atoms with Crippen molar-refractivity contribution < 1.29 is 9.94 Å². The van der Waals surface area contributed by atoms with Gasteiger partial charge in [-0.25, -0.2) is 0 Å². The van der Waals surface area contributed by atoms with Gasteiger partial charge in [0.05, 0.1) is 11.8 Å². The summed E-state index contributed by atoms with van der Waals surface area (Å²) in [5, 5.41) is 19.1. The second kappa shape index (κ2) is 6.14. The van der Waals surface area contributed by atoms with Crippen LogP contribution in [0.2, 0.25) is 0 Å². The van der Waals surface area contributed by atoms with Crippen molar-refractivity contribution >= 4 is 21.8 Å². The summed E-state index contributed by atoms with van der Waals surface area (Å²) in [6.07, 6.45) is 1.44. The van der Waals surface area contributed by atoms with E-state index in [9.17, 15) is 0 Å². The summed E-state index contributed by atoms with van der Waals surface area (Å²) in [7, 11) is 0. The molecule has 0 radical (unpaired) electrons. The number of oxime groups is 1. The number of halogens is 1. The Balaban J connectivity index is 2.13. The molecule has 0 aliphatic heterocycles. The second-order valence-corrected chi connectivity index (χ2v) is 4.57. The summed E-state index contributed by atoms with van der Waals surface area (Å²) >= 11 is 3.36. The summed E-state index contributed by atoms with van der Waals surface area (Å²) in [5.74, 6) is 0.154. The Morgan fingerprint density at radius 3 is 2.74 bits per heavy atom. The molecular weight excluding hydrogens is 312 g/mol. The quantitative estimate of drug-likeness (QED) is 0.388. The van der Waals surface area contributed by atoms with Gasteiger partial charge in [-0.1, -0.05) is 33.2 Å². The fourth-order valence-electron chi connectivity index (χ4n) is 1.41. The minimum atomic E-state index is -0.0688. The monoisotopic (exact) mass is 322 g/mol. The first-order valence-corrected chi connectivity index (χ1v) is 6.17. The van der Waals surface area contributed by atoms with Crippen LogP contribution in [0, 0.1) is 0 Å². The van der Waals surface area contributed by atoms with Crippen LogP contribution >= 0.6 is 15.9 Å². The van der Waals surface area contributed by atoms with Crippen LogP contribution in [0.1, 0.15) is 11.1 Å². The maximum Gasteiger partial charge on any atom is 0.244 e. The van der Waals surface area contributed by atoms with Gasteiger partial charge in [0, 0.05) is 4.47 Å². The SMILES string of the molecule is N/C(=N/O)c1ccnnc1OCc1ccc(Br)cc1. The van der Waals surface area contributed by atoms with Crippen molar-refractivity contribution in [1.82, 2.24) is 10.2 Å². The van der Waals surface area contributed by atoms with Gasteiger partial charge in [0.25, 0.3) is 0 Å². The first-order chi connectivity index (χ1) is 9.20. The van der Waals surface area contributed by atoms with Crippen molar-refractivity contribution in [2.24, 2.45) is 10.9 Å². The summed E-state index contributed by atoms with van der Waals surface area (Å²) in [6.45, 7) is 0.317. The Kier molecular flexibility index (Phi) is 4.30. The van der Waals surface area contributed by atoms with Gasteiger partial charge in [-0.3, -0.25) is 0 Å². The second-order valence-electron chi connectivity index (χ2n) is 3.65. The zero-order valence-electron chi connectivity index (χ0n) is 9.82. The van der Waals surface area contributed by atoms with Gasteiger partial charge in [0.15, 0.2) is 5.84 Å². The number of aromatic nitrogens is 2. The molecule has 0 fully saturated rings. The van der Waals surface area contributed by atoms with E-state index >= 15 is 0 Å². The standard InChI is InChI=1S/C12H11BrN4O2/c13-9-3-1-8(2-4-9)7-19-12-10(11(14)17-18)5-6-15-16-12/h1-6,18H,7H2,(H2,14,17). The van der Waals surface area contributed by atoms with Gasteiger partial charge in [-0.2, -0.15) is 5.10 Å². The molecule has 3 N–H and O–H groups in total. The molecule has 19 heavy (non-hydrogen) atoms. The van der Waals surface area contributed by atoms with Gasteiger partial charge in [-0.05, 0) is 23.8 Å². The van der Waals surface area contributed by atoms with Crippen molar-refractivity contribution in [3.63, 3.8) is 0 Å². The summed E-state index contributed by atoms with van der Waals surface area (Å²) < 4.78 is 6.52. The molecule has 6 nitrogen and oxygen atoms in total. The summed E-state index contributed by atoms with van der Waals surface area (Å²) in [6, 6.07) is 9.24. The van der Waals surface area contributed by atoms with Gasteiger partial charge >= 0.3 is 0 Å². The first kappa shape index (κ1) is 13.3. The topological polar surface area (TPSA) is 93.6 Å². The Bertz CT molecular complexity index is 587. The number of nitrogens with two attached hydrogens (primary N) is 1. The molecule has 1 aromatic carbocycles. The lowest BCUT2D eigenvalue weighted by atomic mass is 10.2. The molecule has 7 heteroatoms. The van der Waals surface area contributed by atoms with Gasteiger partial charge in [-0.15, -0.1) is 5.10 Å². The maximum absolute atomic E-state index is 8.68. The molecule has 98 valence electrons. The third-order valence-corrected chi connectivity index (χ3v) is 2.89. The smallest absolute Gasteiger partial charge is 0.244 e. The third kappa shape index (κ3) is 3.41. The molecule has 0 saturated carbocycles. The molecule has 2 aromatic rings. The fourth-order valence-corrected chi connectivity index (χ4v) is 1.67. The lowest BCUT2D eigenvalue weighted by molar-refractivity contribution is 0.288. The molecule has 0 bridgehead atoms. The average molecular weight is 323 g/mol. The van der Waals surface area contributed by atoms with Crippen molar-refractivity contribution in [3.8, 4) is 5.88 Å². The summed E-state index contributed by atoms with van der Waals surface area (Å²) in [5.41, 5.74) is 6.90. The number of ether oxygens (including phenoxy) is 1. The first-order valence-electron chi connectivity index (χ1n) is 5.37. The van der Waals surface area contributed by atoms with E-state index in [2.05, 4.69) is 31.3 Å². The van der Waals surface area contributed by atoms with Crippen LogP contribution < -0.4 is 10.5 Å². The van der Waals surface area contributed by atoms with E-state index in [1.54, 1.807) is 6.07 Å². The fraction of sp³-hybridized carbons (Fsp3) is 0.0833. The number of hydrogen-bond acceptors (Lipinski definition) is 5. The van der Waals surface area contributed by atoms with Crippen LogP contribution in [0.4, 0.5) is 0 Å². The molecule has 0 atom stereocenters. The zero-order valence-corrected chi connectivity index (χ0v) is 11.4. The highest BCUT2D eigenvalue weighted by Crippen LogP contribution is 2.16. The number of benzene rings is 1. The van der Waals surface area contributed by atoms with E-state index < -0.39 is 0 Å². The van der Waals surface area contributed by atoms with E-state index in [0.717, 1.165) is 10.0 Å². The minimum Gasteiger partial charge on any atom is -0.471 e. The third-order valence-electron chi connectivity index (χ3n) is 2.36. The molecule has 1 aromatic heterocycles. The molecule has 0 saturated heterocycles.